The lowest BCUT2D eigenvalue weighted by atomic mass is 10.1. The van der Waals surface area contributed by atoms with Gasteiger partial charge in [0.2, 0.25) is 0 Å². The molecule has 1 aromatic carbocycles. The minimum Gasteiger partial charge on any atom is -0.306 e. The van der Waals surface area contributed by atoms with E-state index in [1.54, 1.807) is 13.2 Å². The van der Waals surface area contributed by atoms with Crippen LogP contribution in [0, 0.1) is 0 Å². The summed E-state index contributed by atoms with van der Waals surface area (Å²) >= 11 is 0. The minimum absolute atomic E-state index is 0.137. The average molecular weight is 273 g/mol. The van der Waals surface area contributed by atoms with E-state index in [9.17, 15) is 9.59 Å². The maximum Gasteiger partial charge on any atom is 0.330 e. The molecule has 0 aliphatic carbocycles. The molecule has 5 heteroatoms. The third kappa shape index (κ3) is 2.88. The first-order valence-corrected chi connectivity index (χ1v) is 6.54. The topological polar surface area (TPSA) is 56.0 Å². The van der Waals surface area contributed by atoms with Gasteiger partial charge in [0.25, 0.3) is 5.56 Å². The van der Waals surface area contributed by atoms with Gasteiger partial charge >= 0.3 is 5.69 Å². The summed E-state index contributed by atoms with van der Waals surface area (Å²) in [7, 11) is 3.14. The van der Waals surface area contributed by atoms with Gasteiger partial charge in [-0.1, -0.05) is 30.3 Å². The molecule has 20 heavy (non-hydrogen) atoms. The number of aromatic nitrogens is 2. The summed E-state index contributed by atoms with van der Waals surface area (Å²) in [4.78, 5) is 23.6. The summed E-state index contributed by atoms with van der Waals surface area (Å²) < 4.78 is 2.55. The van der Waals surface area contributed by atoms with Gasteiger partial charge in [-0.2, -0.15) is 0 Å². The molecule has 0 saturated heterocycles. The molecular weight excluding hydrogens is 254 g/mol. The zero-order chi connectivity index (χ0) is 14.7. The Morgan fingerprint density at radius 1 is 1.15 bits per heavy atom. The fourth-order valence-electron chi connectivity index (χ4n) is 2.13. The molecule has 0 unspecified atom stereocenters. The van der Waals surface area contributed by atoms with Crippen molar-refractivity contribution in [1.82, 2.24) is 14.5 Å². The molecule has 0 amide bonds. The summed E-state index contributed by atoms with van der Waals surface area (Å²) in [6.45, 7) is 2.47. The lowest BCUT2D eigenvalue weighted by Crippen LogP contribution is -2.39. The highest BCUT2D eigenvalue weighted by atomic mass is 16.2. The van der Waals surface area contributed by atoms with E-state index in [2.05, 4.69) is 5.32 Å². The van der Waals surface area contributed by atoms with Gasteiger partial charge < -0.3 is 9.88 Å². The zero-order valence-corrected chi connectivity index (χ0v) is 12.0. The number of benzene rings is 1. The van der Waals surface area contributed by atoms with Crippen molar-refractivity contribution in [3.8, 4) is 0 Å². The van der Waals surface area contributed by atoms with Gasteiger partial charge in [-0.05, 0) is 12.5 Å². The molecule has 1 atom stereocenters. The van der Waals surface area contributed by atoms with Gasteiger partial charge in [-0.3, -0.25) is 9.36 Å². The molecule has 1 N–H and O–H groups in total. The van der Waals surface area contributed by atoms with Crippen molar-refractivity contribution >= 4 is 0 Å². The monoisotopic (exact) mass is 273 g/mol. The van der Waals surface area contributed by atoms with Crippen LogP contribution < -0.4 is 16.6 Å². The largest absolute Gasteiger partial charge is 0.330 e. The Morgan fingerprint density at radius 2 is 1.80 bits per heavy atom. The number of rotatable bonds is 4. The maximum absolute atomic E-state index is 12.0. The quantitative estimate of drug-likeness (QED) is 0.902. The molecule has 0 fully saturated rings. The second-order valence-corrected chi connectivity index (χ2v) is 4.93. The highest BCUT2D eigenvalue weighted by Crippen LogP contribution is 2.11. The number of hydrogen-bond donors (Lipinski definition) is 1. The molecule has 0 saturated carbocycles. The second kappa shape index (κ2) is 5.88. The molecule has 2 rings (SSSR count). The second-order valence-electron chi connectivity index (χ2n) is 4.93. The average Bonchev–Trinajstić information content (AvgIpc) is 2.48. The van der Waals surface area contributed by atoms with Crippen molar-refractivity contribution in [2.75, 3.05) is 0 Å². The van der Waals surface area contributed by atoms with Gasteiger partial charge in [0.15, 0.2) is 0 Å². The summed E-state index contributed by atoms with van der Waals surface area (Å²) in [6.07, 6.45) is 1.59. The Bertz CT molecular complexity index is 701. The van der Waals surface area contributed by atoms with Crippen molar-refractivity contribution in [2.45, 2.75) is 19.5 Å². The van der Waals surface area contributed by atoms with Crippen LogP contribution in [-0.4, -0.2) is 9.13 Å². The molecule has 0 bridgehead atoms. The van der Waals surface area contributed by atoms with Crippen LogP contribution in [0.2, 0.25) is 0 Å². The Kier molecular flexibility index (Phi) is 4.20. The zero-order valence-electron chi connectivity index (χ0n) is 12.0. The Balaban J connectivity index is 2.16. The Labute approximate surface area is 117 Å². The third-order valence-electron chi connectivity index (χ3n) is 3.42. The summed E-state index contributed by atoms with van der Waals surface area (Å²) in [5, 5.41) is 3.30. The Morgan fingerprint density at radius 3 is 2.45 bits per heavy atom. The number of nitrogens with one attached hydrogen (secondary N) is 1. The van der Waals surface area contributed by atoms with Crippen LogP contribution in [0.3, 0.4) is 0 Å². The van der Waals surface area contributed by atoms with E-state index < -0.39 is 0 Å². The van der Waals surface area contributed by atoms with Crippen molar-refractivity contribution in [2.24, 2.45) is 14.1 Å². The van der Waals surface area contributed by atoms with Crippen LogP contribution in [-0.2, 0) is 20.6 Å². The van der Waals surface area contributed by atoms with Crippen molar-refractivity contribution < 1.29 is 0 Å². The molecule has 2 aromatic rings. The highest BCUT2D eigenvalue weighted by Gasteiger charge is 2.09. The van der Waals surface area contributed by atoms with E-state index in [0.29, 0.717) is 12.1 Å². The molecular formula is C15H19N3O2. The lowest BCUT2D eigenvalue weighted by molar-refractivity contribution is 0.559. The first-order chi connectivity index (χ1) is 9.50. The smallest absolute Gasteiger partial charge is 0.306 e. The van der Waals surface area contributed by atoms with Crippen LogP contribution >= 0.6 is 0 Å². The molecule has 0 spiro atoms. The summed E-state index contributed by atoms with van der Waals surface area (Å²) in [5.74, 6) is 0. The molecule has 1 aromatic heterocycles. The van der Waals surface area contributed by atoms with Crippen LogP contribution in [0.5, 0.6) is 0 Å². The fourth-order valence-corrected chi connectivity index (χ4v) is 2.13. The van der Waals surface area contributed by atoms with Gasteiger partial charge in [-0.15, -0.1) is 0 Å². The van der Waals surface area contributed by atoms with Gasteiger partial charge in [-0.25, -0.2) is 4.79 Å². The SMILES string of the molecule is C[C@H](NCc1cn(C)c(=O)n(C)c1=O)c1ccccc1. The summed E-state index contributed by atoms with van der Waals surface area (Å²) in [5.41, 5.74) is 1.18. The van der Waals surface area contributed by atoms with Crippen molar-refractivity contribution in [3.63, 3.8) is 0 Å². The first-order valence-electron chi connectivity index (χ1n) is 6.54. The number of hydrogen-bond acceptors (Lipinski definition) is 3. The van der Waals surface area contributed by atoms with Gasteiger partial charge in [0, 0.05) is 38.4 Å². The molecule has 5 nitrogen and oxygen atoms in total. The third-order valence-corrected chi connectivity index (χ3v) is 3.42. The molecule has 0 aliphatic heterocycles. The van der Waals surface area contributed by atoms with Gasteiger partial charge in [0.1, 0.15) is 0 Å². The van der Waals surface area contributed by atoms with Gasteiger partial charge in [0.05, 0.1) is 0 Å². The number of nitrogens with zero attached hydrogens (tertiary/aromatic N) is 2. The molecule has 0 aliphatic rings. The lowest BCUT2D eigenvalue weighted by Gasteiger charge is -2.14. The van der Waals surface area contributed by atoms with Crippen LogP contribution in [0.25, 0.3) is 0 Å². The van der Waals surface area contributed by atoms with E-state index in [0.717, 1.165) is 10.1 Å². The van der Waals surface area contributed by atoms with E-state index in [-0.39, 0.29) is 17.3 Å². The van der Waals surface area contributed by atoms with E-state index in [1.807, 2.05) is 37.3 Å². The number of aryl methyl sites for hydroxylation is 1. The molecule has 0 radical (unpaired) electrons. The predicted octanol–water partition coefficient (Wildman–Crippen LogP) is 0.935. The minimum atomic E-state index is -0.310. The molecule has 106 valence electrons. The van der Waals surface area contributed by atoms with E-state index in [4.69, 9.17) is 0 Å². The van der Waals surface area contributed by atoms with E-state index >= 15 is 0 Å². The molecule has 1 heterocycles. The van der Waals surface area contributed by atoms with E-state index in [1.165, 1.54) is 11.6 Å². The maximum atomic E-state index is 12.0. The van der Waals surface area contributed by atoms with Crippen LogP contribution in [0.15, 0.2) is 46.1 Å². The standard InChI is InChI=1S/C15H19N3O2/c1-11(12-7-5-4-6-8-12)16-9-13-10-17(2)15(20)18(3)14(13)19/h4-8,10-11,16H,9H2,1-3H3/t11-/m0/s1. The summed E-state index contributed by atoms with van der Waals surface area (Å²) in [6, 6.07) is 10.2. The first kappa shape index (κ1) is 14.3. The van der Waals surface area contributed by atoms with Crippen LogP contribution in [0.1, 0.15) is 24.1 Å². The van der Waals surface area contributed by atoms with Crippen molar-refractivity contribution in [1.29, 1.82) is 0 Å². The Hall–Kier alpha value is -2.14. The van der Waals surface area contributed by atoms with Crippen molar-refractivity contribution in [3.05, 3.63) is 68.5 Å². The normalized spacial score (nSPS) is 12.3. The van der Waals surface area contributed by atoms with Crippen LogP contribution in [0.4, 0.5) is 0 Å². The highest BCUT2D eigenvalue weighted by molar-refractivity contribution is 5.18. The fraction of sp³-hybridized carbons (Fsp3) is 0.333. The predicted molar refractivity (Wildman–Crippen MR) is 78.6 cm³/mol.